The lowest BCUT2D eigenvalue weighted by Gasteiger charge is -2.23. The van der Waals surface area contributed by atoms with Crippen molar-refractivity contribution in [2.75, 3.05) is 26.4 Å². The van der Waals surface area contributed by atoms with Gasteiger partial charge in [-0.25, -0.2) is 13.1 Å². The van der Waals surface area contributed by atoms with Gasteiger partial charge in [-0.15, -0.1) is 0 Å². The Hall–Kier alpha value is -0.990. The minimum Gasteiger partial charge on any atom is -0.392 e. The zero-order valence-corrected chi connectivity index (χ0v) is 11.9. The number of aliphatic hydroxyl groups is 1. The number of hydrogen-bond acceptors (Lipinski definition) is 5. The first kappa shape index (κ1) is 15.4. The molecule has 1 aliphatic heterocycles. The number of nitrogens with one attached hydrogen (secondary N) is 1. The van der Waals surface area contributed by atoms with Gasteiger partial charge in [-0.1, -0.05) is 24.3 Å². The molecule has 6 nitrogen and oxygen atoms in total. The van der Waals surface area contributed by atoms with Crippen LogP contribution in [-0.2, 0) is 31.9 Å². The second kappa shape index (κ2) is 7.14. The molecular formula is C13H19NO5S. The van der Waals surface area contributed by atoms with Gasteiger partial charge < -0.3 is 14.6 Å². The normalized spacial score (nSPS) is 19.9. The van der Waals surface area contributed by atoms with Crippen molar-refractivity contribution >= 4 is 10.0 Å². The van der Waals surface area contributed by atoms with Crippen molar-refractivity contribution in [3.05, 3.63) is 35.4 Å². The Kier molecular flexibility index (Phi) is 5.50. The maximum atomic E-state index is 11.9. The molecule has 1 heterocycles. The summed E-state index contributed by atoms with van der Waals surface area (Å²) in [5.41, 5.74) is 1.43. The Bertz CT molecular complexity index is 508. The van der Waals surface area contributed by atoms with E-state index in [2.05, 4.69) is 4.72 Å². The highest BCUT2D eigenvalue weighted by Gasteiger charge is 2.18. The van der Waals surface area contributed by atoms with Crippen molar-refractivity contribution in [2.24, 2.45) is 0 Å². The lowest BCUT2D eigenvalue weighted by Crippen LogP contribution is -2.40. The zero-order chi connectivity index (χ0) is 14.4. The fraction of sp³-hybridized carbons (Fsp3) is 0.538. The van der Waals surface area contributed by atoms with E-state index in [-0.39, 0.29) is 25.0 Å². The quantitative estimate of drug-likeness (QED) is 0.773. The third kappa shape index (κ3) is 4.84. The van der Waals surface area contributed by atoms with Crippen LogP contribution < -0.4 is 4.72 Å². The molecule has 1 atom stereocenters. The van der Waals surface area contributed by atoms with Gasteiger partial charge in [-0.2, -0.15) is 0 Å². The third-order valence-electron chi connectivity index (χ3n) is 2.98. The molecule has 7 heteroatoms. The number of ether oxygens (including phenoxy) is 2. The molecule has 112 valence electrons. The van der Waals surface area contributed by atoms with Gasteiger partial charge in [0.1, 0.15) is 0 Å². The van der Waals surface area contributed by atoms with Crippen LogP contribution in [0.25, 0.3) is 0 Å². The van der Waals surface area contributed by atoms with E-state index in [1.807, 2.05) is 0 Å². The minimum absolute atomic E-state index is 0.0513. The second-order valence-electron chi connectivity index (χ2n) is 4.65. The molecule has 20 heavy (non-hydrogen) atoms. The summed E-state index contributed by atoms with van der Waals surface area (Å²) in [7, 11) is -3.40. The van der Waals surface area contributed by atoms with Crippen molar-refractivity contribution in [1.29, 1.82) is 0 Å². The maximum Gasteiger partial charge on any atom is 0.215 e. The molecule has 0 aromatic heterocycles. The van der Waals surface area contributed by atoms with E-state index < -0.39 is 10.0 Å². The summed E-state index contributed by atoms with van der Waals surface area (Å²) < 4.78 is 37.0. The van der Waals surface area contributed by atoms with Crippen molar-refractivity contribution in [3.63, 3.8) is 0 Å². The summed E-state index contributed by atoms with van der Waals surface area (Å²) in [5, 5.41) is 8.93. The van der Waals surface area contributed by atoms with E-state index in [0.29, 0.717) is 25.4 Å². The highest BCUT2D eigenvalue weighted by molar-refractivity contribution is 7.88. The van der Waals surface area contributed by atoms with Crippen LogP contribution in [0.4, 0.5) is 0 Å². The van der Waals surface area contributed by atoms with Gasteiger partial charge in [0.25, 0.3) is 0 Å². The van der Waals surface area contributed by atoms with Gasteiger partial charge in [0.2, 0.25) is 10.0 Å². The first-order valence-corrected chi connectivity index (χ1v) is 8.09. The maximum absolute atomic E-state index is 11.9. The minimum atomic E-state index is -3.40. The van der Waals surface area contributed by atoms with E-state index in [4.69, 9.17) is 14.6 Å². The van der Waals surface area contributed by atoms with Crippen molar-refractivity contribution in [1.82, 2.24) is 4.72 Å². The Labute approximate surface area is 118 Å². The summed E-state index contributed by atoms with van der Waals surface area (Å²) in [6.45, 7) is 1.63. The molecule has 0 radical (unpaired) electrons. The molecule has 2 N–H and O–H groups in total. The molecular weight excluding hydrogens is 282 g/mol. The predicted octanol–water partition coefficient (Wildman–Crippen LogP) is 0.0137. The van der Waals surface area contributed by atoms with E-state index >= 15 is 0 Å². The van der Waals surface area contributed by atoms with E-state index in [1.54, 1.807) is 24.3 Å². The van der Waals surface area contributed by atoms with Crippen LogP contribution in [0.5, 0.6) is 0 Å². The largest absolute Gasteiger partial charge is 0.392 e. The molecule has 0 aliphatic carbocycles. The average molecular weight is 301 g/mol. The van der Waals surface area contributed by atoms with E-state index in [9.17, 15) is 8.42 Å². The number of hydrogen-bond donors (Lipinski definition) is 2. The highest BCUT2D eigenvalue weighted by atomic mass is 32.2. The van der Waals surface area contributed by atoms with Crippen molar-refractivity contribution < 1.29 is 23.0 Å². The van der Waals surface area contributed by atoms with Crippen LogP contribution in [0.1, 0.15) is 11.1 Å². The van der Waals surface area contributed by atoms with Crippen LogP contribution in [0, 0.1) is 0 Å². The Morgan fingerprint density at radius 2 is 1.90 bits per heavy atom. The number of sulfonamides is 1. The molecule has 0 spiro atoms. The van der Waals surface area contributed by atoms with Crippen molar-refractivity contribution in [2.45, 2.75) is 18.5 Å². The first-order valence-electron chi connectivity index (χ1n) is 6.44. The van der Waals surface area contributed by atoms with Crippen LogP contribution in [0.3, 0.4) is 0 Å². The van der Waals surface area contributed by atoms with Gasteiger partial charge in [-0.05, 0) is 11.1 Å². The highest BCUT2D eigenvalue weighted by Crippen LogP contribution is 2.08. The van der Waals surface area contributed by atoms with Crippen LogP contribution in [0.2, 0.25) is 0 Å². The summed E-state index contributed by atoms with van der Waals surface area (Å²) in [4.78, 5) is 0. The molecule has 1 aliphatic rings. The molecule has 2 rings (SSSR count). The van der Waals surface area contributed by atoms with Crippen molar-refractivity contribution in [3.8, 4) is 0 Å². The lowest BCUT2D eigenvalue weighted by atomic mass is 10.2. The summed E-state index contributed by atoms with van der Waals surface area (Å²) in [6, 6.07) is 6.82. The monoisotopic (exact) mass is 301 g/mol. The Morgan fingerprint density at radius 1 is 1.20 bits per heavy atom. The summed E-state index contributed by atoms with van der Waals surface area (Å²) in [5.74, 6) is -0.0910. The van der Waals surface area contributed by atoms with Crippen LogP contribution in [-0.4, -0.2) is 46.0 Å². The zero-order valence-electron chi connectivity index (χ0n) is 11.1. The van der Waals surface area contributed by atoms with Crippen LogP contribution >= 0.6 is 0 Å². The molecule has 0 bridgehead atoms. The lowest BCUT2D eigenvalue weighted by molar-refractivity contribution is -0.0847. The predicted molar refractivity (Wildman–Crippen MR) is 73.6 cm³/mol. The summed E-state index contributed by atoms with van der Waals surface area (Å²) in [6.07, 6.45) is -0.227. The molecule has 1 saturated heterocycles. The first-order chi connectivity index (χ1) is 9.59. The molecule has 0 saturated carbocycles. The van der Waals surface area contributed by atoms with Gasteiger partial charge in [0, 0.05) is 6.54 Å². The molecule has 1 fully saturated rings. The fourth-order valence-electron chi connectivity index (χ4n) is 1.89. The number of benzene rings is 1. The number of aliphatic hydroxyl groups excluding tert-OH is 1. The van der Waals surface area contributed by atoms with Gasteiger partial charge in [-0.3, -0.25) is 0 Å². The van der Waals surface area contributed by atoms with Gasteiger partial charge in [0.15, 0.2) is 0 Å². The second-order valence-corrected chi connectivity index (χ2v) is 6.46. The average Bonchev–Trinajstić information content (AvgIpc) is 2.47. The third-order valence-corrected chi connectivity index (χ3v) is 4.30. The molecule has 0 amide bonds. The standard InChI is InChI=1S/C13H19NO5S/c15-8-11-1-3-12(4-2-11)10-20(16,17)14-7-13-9-18-5-6-19-13/h1-4,13-15H,5-10H2. The number of rotatable bonds is 6. The summed E-state index contributed by atoms with van der Waals surface area (Å²) >= 11 is 0. The smallest absolute Gasteiger partial charge is 0.215 e. The van der Waals surface area contributed by atoms with Crippen LogP contribution in [0.15, 0.2) is 24.3 Å². The SMILES string of the molecule is O=S(=O)(Cc1ccc(CO)cc1)NCC1COCCO1. The van der Waals surface area contributed by atoms with Gasteiger partial charge in [0.05, 0.1) is 38.3 Å². The van der Waals surface area contributed by atoms with E-state index in [0.717, 1.165) is 5.56 Å². The molecule has 1 aromatic rings. The Balaban J connectivity index is 1.85. The molecule has 1 aromatic carbocycles. The van der Waals surface area contributed by atoms with E-state index in [1.165, 1.54) is 0 Å². The fourth-order valence-corrected chi connectivity index (χ4v) is 3.06. The van der Waals surface area contributed by atoms with Gasteiger partial charge >= 0.3 is 0 Å². The molecule has 1 unspecified atom stereocenters. The Morgan fingerprint density at radius 3 is 2.50 bits per heavy atom. The topological polar surface area (TPSA) is 84.9 Å².